The van der Waals surface area contributed by atoms with Crippen LogP contribution in [0.4, 0.5) is 0 Å². The van der Waals surface area contributed by atoms with Gasteiger partial charge in [0, 0.05) is 125 Å². The summed E-state index contributed by atoms with van der Waals surface area (Å²) in [6, 6.07) is 2.71. The van der Waals surface area contributed by atoms with E-state index < -0.39 is 229 Å². The smallest absolute Gasteiger partial charge is 0.246 e. The van der Waals surface area contributed by atoms with Gasteiger partial charge in [-0.15, -0.1) is 11.8 Å². The number of nitrogens with zero attached hydrogens (tertiary/aromatic N) is 6. The molecule has 39 nitrogen and oxygen atoms in total. The molecule has 0 radical (unpaired) electrons. The average molecular weight is 1870 g/mol. The third kappa shape index (κ3) is 29.0. The van der Waals surface area contributed by atoms with E-state index in [2.05, 4.69) is 57.8 Å². The van der Waals surface area contributed by atoms with Gasteiger partial charge in [0.05, 0.1) is 43.5 Å². The number of para-hydroxylation sites is 2. The van der Waals surface area contributed by atoms with Crippen molar-refractivity contribution >= 4 is 134 Å². The van der Waals surface area contributed by atoms with Crippen LogP contribution in [0.1, 0.15) is 161 Å². The van der Waals surface area contributed by atoms with E-state index in [9.17, 15) is 63.3 Å². The molecule has 0 unspecified atom stereocenters. The maximum Gasteiger partial charge on any atom is 0.246 e. The van der Waals surface area contributed by atoms with Crippen LogP contribution in [0.3, 0.4) is 0 Å². The Kier molecular flexibility index (Phi) is 39.1. The number of phenols is 1. The van der Waals surface area contributed by atoms with E-state index in [1.807, 2.05) is 44.2 Å². The molecule has 0 bridgehead atoms. The molecule has 0 saturated carbocycles. The number of hydrogen-bond acceptors (Lipinski definition) is 22. The van der Waals surface area contributed by atoms with E-state index in [-0.39, 0.29) is 114 Å². The first-order valence-corrected chi connectivity index (χ1v) is 47.1. The average Bonchev–Trinajstić information content (AvgIpc) is 1.72. The predicted molar refractivity (Wildman–Crippen MR) is 495 cm³/mol. The maximum absolute atomic E-state index is 15.6. The molecule has 16 amide bonds. The second-order valence-electron chi connectivity index (χ2n) is 36.1. The van der Waals surface area contributed by atoms with Gasteiger partial charge in [0.15, 0.2) is 5.78 Å². The minimum atomic E-state index is -1.75. The highest BCUT2D eigenvalue weighted by Crippen LogP contribution is 2.30. The molecule has 2 aromatic heterocycles. The van der Waals surface area contributed by atoms with Crippen molar-refractivity contribution in [2.24, 2.45) is 29.2 Å². The molecule has 14 atom stereocenters. The first kappa shape index (κ1) is 105. The number of thioether (sulfide) groups is 1. The maximum atomic E-state index is 15.6. The van der Waals surface area contributed by atoms with Crippen LogP contribution in [-0.2, 0) is 101 Å². The summed E-state index contributed by atoms with van der Waals surface area (Å²) in [5.41, 5.74) is 14.9. The lowest BCUT2D eigenvalue weighted by molar-refractivity contribution is -0.149. The Labute approximate surface area is 778 Å². The van der Waals surface area contributed by atoms with Gasteiger partial charge in [-0.2, -0.15) is 0 Å². The third-order valence-electron chi connectivity index (χ3n) is 25.0. The molecular formula is C93H133N19O20S. The fourth-order valence-electron chi connectivity index (χ4n) is 17.4. The van der Waals surface area contributed by atoms with Crippen molar-refractivity contribution in [2.75, 3.05) is 78.5 Å². The first-order chi connectivity index (χ1) is 63.3. The Hall–Kier alpha value is -12.0. The van der Waals surface area contributed by atoms with Crippen LogP contribution >= 0.6 is 11.8 Å². The molecule has 726 valence electrons. The zero-order chi connectivity index (χ0) is 97.2. The number of aliphatic hydroxyl groups is 2. The molecule has 133 heavy (non-hydrogen) atoms. The van der Waals surface area contributed by atoms with Crippen LogP contribution in [0.25, 0.3) is 21.8 Å². The number of unbranched alkanes of at least 4 members (excludes halogenated alkanes) is 2. The van der Waals surface area contributed by atoms with Crippen LogP contribution in [0.5, 0.6) is 5.75 Å². The topological polar surface area (TPSA) is 562 Å². The number of benzene rings is 3. The standard InChI is InChI=1S/C93H133N19O20S/c1-11-13-24-73-87(126)102-66(36-52(3)4)85(124)106-72(84(123)99-48-81(120)110-34-31-60(114)32-35-110)50-133-51-80(119)101-68(38-55-27-29-59(113)30-28-55)89(128)107(8)54(7)82(121)103-70(43-78(95)117)91(130)111-33-19-26-74(111)88(127)105-71(44-94)86(125)104-67(37-53(5)6)92(131)112-49-61(115)42-76(112)77(116)41-56(39-57-45-96-64-22-17-15-20-62(57)64)83(122)98-47-79(118)100-69(40-58-46-97-65-23-18-16-21-63(58)65)90(129)109(10)75(25-14-12-2)93(132)108(73)9/h15-18,20-23,27-30,45-46,52-54,56,60-61,66-76,96-97,113-115H,11-14,19,24-26,31-44,47-51,94H2,1-10H3,(H2,95,117)(H,98,122)(H,99,123)(H,100,118)(H,101,119)(H,102,126)(H,103,121)(H,104,125)(H,105,127)(H,106,124)/t54-,56+,61+,66-,67-,68-,69-,70-,71-,72-,73-,74-,75-,76-/m0/s1. The van der Waals surface area contributed by atoms with Crippen molar-refractivity contribution in [3.63, 3.8) is 0 Å². The summed E-state index contributed by atoms with van der Waals surface area (Å²) >= 11 is 0.828. The number of nitrogens with two attached hydrogens (primary N) is 2. The Morgan fingerprint density at radius 3 is 1.71 bits per heavy atom. The number of aliphatic hydroxyl groups excluding tert-OH is 2. The number of nitrogens with one attached hydrogen (secondary N) is 11. The zero-order valence-corrected chi connectivity index (χ0v) is 78.3. The van der Waals surface area contributed by atoms with E-state index in [1.165, 1.54) is 67.0 Å². The number of aromatic amines is 2. The minimum absolute atomic E-state index is 0.00577. The summed E-state index contributed by atoms with van der Waals surface area (Å²) in [7, 11) is 4.06. The lowest BCUT2D eigenvalue weighted by atomic mass is 9.90. The van der Waals surface area contributed by atoms with Gasteiger partial charge < -0.3 is 114 Å². The first-order valence-electron chi connectivity index (χ1n) is 46.0. The van der Waals surface area contributed by atoms with Crippen molar-refractivity contribution < 1.29 is 96.8 Å². The van der Waals surface area contributed by atoms with Gasteiger partial charge >= 0.3 is 0 Å². The molecular weight excluding hydrogens is 1740 g/mol. The normalized spacial score (nSPS) is 25.4. The Balaban J connectivity index is 1.07. The van der Waals surface area contributed by atoms with E-state index in [4.69, 9.17) is 11.5 Å². The van der Waals surface area contributed by atoms with Crippen molar-refractivity contribution in [2.45, 2.75) is 249 Å². The SMILES string of the molecule is CCCC[C@H]1C(=O)N(C)[C@@H](CCCC)C(=O)N[C@@H](CC(C)C)C(=O)N[C@H](C(=O)NCC(=O)N2CCC(O)CC2)CSCC(=O)N[C@@H](Cc2ccc(O)cc2)C(=O)N(C)[C@@H](C)C(=O)N[C@@H](CC(N)=O)C(=O)N2CCC[C@H]2C(=O)N[C@@H](CN)C(=O)N[C@@H](CC(C)C)C(=O)N2C[C@H](O)C[C@H]2C(=O)C[C@@H](Cc2c[nH]c3ccccc23)C(=O)NCC(=O)N[C@@H](Cc2c[nH]c3ccccc23)C(=O)N1C. The molecule has 3 aromatic carbocycles. The summed E-state index contributed by atoms with van der Waals surface area (Å²) in [5.74, 6) is -17.0. The number of carbonyl (C=O) groups excluding carboxylic acids is 17. The van der Waals surface area contributed by atoms with Crippen LogP contribution in [0.15, 0.2) is 85.2 Å². The number of primary amides is 1. The van der Waals surface area contributed by atoms with Crippen LogP contribution in [0, 0.1) is 17.8 Å². The summed E-state index contributed by atoms with van der Waals surface area (Å²) in [6.07, 6.45) is 2.04. The number of hydrogen-bond donors (Lipinski definition) is 16. The molecule has 4 aliphatic heterocycles. The van der Waals surface area contributed by atoms with Gasteiger partial charge in [-0.05, 0) is 118 Å². The van der Waals surface area contributed by atoms with Gasteiger partial charge in [0.1, 0.15) is 72.2 Å². The van der Waals surface area contributed by atoms with E-state index in [0.29, 0.717) is 77.0 Å². The second kappa shape index (κ2) is 49.6. The van der Waals surface area contributed by atoms with Gasteiger partial charge in [0.2, 0.25) is 94.5 Å². The molecule has 6 heterocycles. The summed E-state index contributed by atoms with van der Waals surface area (Å²) in [4.78, 5) is 264. The Morgan fingerprint density at radius 1 is 0.549 bits per heavy atom. The molecule has 9 rings (SSSR count). The number of Topliss-reactive ketones (excluding diaryl/α,β-unsaturated/α-hetero) is 1. The lowest BCUT2D eigenvalue weighted by Gasteiger charge is -2.36. The summed E-state index contributed by atoms with van der Waals surface area (Å²) < 4.78 is 0. The fourth-order valence-corrected chi connectivity index (χ4v) is 18.3. The van der Waals surface area contributed by atoms with Crippen LogP contribution in [0.2, 0.25) is 0 Å². The molecule has 18 N–H and O–H groups in total. The highest BCUT2D eigenvalue weighted by atomic mass is 32.2. The van der Waals surface area contributed by atoms with E-state index in [1.54, 1.807) is 58.3 Å². The largest absolute Gasteiger partial charge is 0.508 e. The zero-order valence-electron chi connectivity index (χ0n) is 77.5. The fraction of sp³-hybridized carbons (Fsp3) is 0.581. The minimum Gasteiger partial charge on any atom is -0.508 e. The number of piperidine rings is 1. The number of carbonyl (C=O) groups is 17. The van der Waals surface area contributed by atoms with Crippen LogP contribution < -0.4 is 59.3 Å². The summed E-state index contributed by atoms with van der Waals surface area (Å²) in [6.45, 7) is 10.2. The number of fused-ring (bicyclic) bond motifs is 4. The number of ketones is 1. The molecule has 5 aromatic rings. The third-order valence-corrected chi connectivity index (χ3v) is 26.1. The van der Waals surface area contributed by atoms with Crippen molar-refractivity contribution in [1.82, 2.24) is 87.2 Å². The number of aromatic nitrogens is 2. The second-order valence-corrected chi connectivity index (χ2v) is 37.1. The van der Waals surface area contributed by atoms with Gasteiger partial charge in [-0.25, -0.2) is 0 Å². The Morgan fingerprint density at radius 2 is 1.10 bits per heavy atom. The highest BCUT2D eigenvalue weighted by molar-refractivity contribution is 8.00. The van der Waals surface area contributed by atoms with Gasteiger partial charge in [0.25, 0.3) is 0 Å². The number of phenolic OH excluding ortho intramolecular Hbond substituents is 1. The van der Waals surface area contributed by atoms with E-state index >= 15 is 33.6 Å². The van der Waals surface area contributed by atoms with Crippen molar-refractivity contribution in [3.8, 4) is 5.75 Å². The number of H-pyrrole nitrogens is 2. The van der Waals surface area contributed by atoms with E-state index in [0.717, 1.165) is 26.5 Å². The molecule has 0 aliphatic carbocycles. The predicted octanol–water partition coefficient (Wildman–Crippen LogP) is 0.0746. The number of aromatic hydroxyl groups is 1. The summed E-state index contributed by atoms with van der Waals surface area (Å²) in [5, 5.41) is 57.5. The number of likely N-dealkylation sites (tertiary alicyclic amines) is 1. The highest BCUT2D eigenvalue weighted by Gasteiger charge is 2.46. The van der Waals surface area contributed by atoms with Crippen molar-refractivity contribution in [3.05, 3.63) is 102 Å². The Bertz CT molecular complexity index is 4960. The lowest BCUT2D eigenvalue weighted by Crippen LogP contribution is -2.61. The number of likely N-dealkylation sites (N-methyl/N-ethyl adjacent to an activating group) is 3. The molecule has 4 aliphatic rings. The van der Waals surface area contributed by atoms with Gasteiger partial charge in [-0.1, -0.05) is 116 Å². The molecule has 0 spiro atoms. The van der Waals surface area contributed by atoms with Crippen molar-refractivity contribution in [1.29, 1.82) is 0 Å². The molecule has 4 saturated heterocycles. The number of amides is 16. The number of rotatable bonds is 22. The molecule has 40 heteroatoms. The van der Waals surface area contributed by atoms with Gasteiger partial charge in [-0.3, -0.25) is 81.5 Å². The van der Waals surface area contributed by atoms with Crippen LogP contribution in [-0.4, -0.2) is 318 Å². The molecule has 4 fully saturated rings. The quantitative estimate of drug-likeness (QED) is 0.0436. The monoisotopic (exact) mass is 1870 g/mol.